The highest BCUT2D eigenvalue weighted by Gasteiger charge is 2.28. The van der Waals surface area contributed by atoms with E-state index in [1.165, 1.54) is 5.56 Å². The van der Waals surface area contributed by atoms with E-state index in [-0.39, 0.29) is 18.0 Å². The van der Waals surface area contributed by atoms with Crippen LogP contribution in [0.5, 0.6) is 0 Å². The Morgan fingerprint density at radius 1 is 1.50 bits per heavy atom. The monoisotopic (exact) mass is 246 g/mol. The van der Waals surface area contributed by atoms with Gasteiger partial charge >= 0.3 is 0 Å². The molecule has 0 bridgehead atoms. The molecule has 0 radical (unpaired) electrons. The second kappa shape index (κ2) is 5.53. The van der Waals surface area contributed by atoms with Crippen molar-refractivity contribution in [3.05, 3.63) is 29.8 Å². The van der Waals surface area contributed by atoms with Crippen molar-refractivity contribution in [2.75, 3.05) is 4.90 Å². The number of fused-ring (bicyclic) bond motifs is 1. The fraction of sp³-hybridized carbons (Fsp3) is 0.533. The molecule has 2 unspecified atom stereocenters. The number of amides is 1. The van der Waals surface area contributed by atoms with Crippen molar-refractivity contribution in [1.29, 1.82) is 0 Å². The first-order chi connectivity index (χ1) is 8.63. The molecule has 0 aromatic heterocycles. The molecule has 98 valence electrons. The van der Waals surface area contributed by atoms with Gasteiger partial charge in [0.15, 0.2) is 0 Å². The molecule has 0 saturated heterocycles. The first-order valence-electron chi connectivity index (χ1n) is 6.79. The lowest BCUT2D eigenvalue weighted by molar-refractivity contribution is -0.119. The molecule has 2 atom stereocenters. The molecule has 1 heterocycles. The number of anilines is 1. The molecule has 1 aromatic carbocycles. The number of carbonyl (C=O) groups is 1. The van der Waals surface area contributed by atoms with E-state index in [2.05, 4.69) is 13.0 Å². The lowest BCUT2D eigenvalue weighted by atomic mass is 9.96. The number of rotatable bonds is 3. The van der Waals surface area contributed by atoms with E-state index in [4.69, 9.17) is 5.73 Å². The summed E-state index contributed by atoms with van der Waals surface area (Å²) >= 11 is 0. The first kappa shape index (κ1) is 13.1. The summed E-state index contributed by atoms with van der Waals surface area (Å²) in [6, 6.07) is 8.43. The maximum Gasteiger partial charge on any atom is 0.228 e. The molecular weight excluding hydrogens is 224 g/mol. The Morgan fingerprint density at radius 2 is 2.22 bits per heavy atom. The summed E-state index contributed by atoms with van der Waals surface area (Å²) in [7, 11) is 0. The van der Waals surface area contributed by atoms with Crippen LogP contribution in [-0.2, 0) is 11.2 Å². The molecule has 1 aliphatic rings. The van der Waals surface area contributed by atoms with Gasteiger partial charge in [-0.1, -0.05) is 25.1 Å². The quantitative estimate of drug-likeness (QED) is 0.890. The van der Waals surface area contributed by atoms with Crippen LogP contribution in [0.25, 0.3) is 0 Å². The Labute approximate surface area is 109 Å². The average Bonchev–Trinajstić information content (AvgIpc) is 2.38. The topological polar surface area (TPSA) is 46.3 Å². The van der Waals surface area contributed by atoms with Crippen LogP contribution >= 0.6 is 0 Å². The van der Waals surface area contributed by atoms with Crippen LogP contribution in [0.3, 0.4) is 0 Å². The van der Waals surface area contributed by atoms with E-state index < -0.39 is 0 Å². The number of aryl methyl sites for hydroxylation is 1. The van der Waals surface area contributed by atoms with Crippen LogP contribution in [-0.4, -0.2) is 18.0 Å². The number of nitrogens with zero attached hydrogens (tertiary/aromatic N) is 1. The highest BCUT2D eigenvalue weighted by Crippen LogP contribution is 2.31. The molecule has 1 aliphatic heterocycles. The van der Waals surface area contributed by atoms with Gasteiger partial charge in [0.25, 0.3) is 0 Å². The number of carbonyl (C=O) groups excluding carboxylic acids is 1. The zero-order valence-corrected chi connectivity index (χ0v) is 11.2. The smallest absolute Gasteiger partial charge is 0.228 e. The minimum absolute atomic E-state index is 0.0289. The lowest BCUT2D eigenvalue weighted by Crippen LogP contribution is -2.44. The minimum atomic E-state index is -0.0289. The summed E-state index contributed by atoms with van der Waals surface area (Å²) in [6.07, 6.45) is 3.37. The van der Waals surface area contributed by atoms with Crippen LogP contribution in [0.15, 0.2) is 24.3 Å². The summed E-state index contributed by atoms with van der Waals surface area (Å²) in [5.41, 5.74) is 8.24. The second-order valence-corrected chi connectivity index (χ2v) is 5.15. The van der Waals surface area contributed by atoms with Crippen molar-refractivity contribution >= 4 is 11.6 Å². The van der Waals surface area contributed by atoms with Gasteiger partial charge in [-0.05, 0) is 37.8 Å². The molecule has 0 aliphatic carbocycles. The molecule has 3 heteroatoms. The van der Waals surface area contributed by atoms with Gasteiger partial charge < -0.3 is 10.6 Å². The maximum absolute atomic E-state index is 12.4. The minimum Gasteiger partial charge on any atom is -0.327 e. The molecule has 3 nitrogen and oxygen atoms in total. The standard InChI is InChI=1S/C15H22N2O/c1-3-13(16)10-15(18)17-11(2)8-9-12-6-4-5-7-14(12)17/h4-7,11,13H,3,8-10,16H2,1-2H3. The Balaban J connectivity index is 2.23. The fourth-order valence-corrected chi connectivity index (χ4v) is 2.54. The van der Waals surface area contributed by atoms with Crippen molar-refractivity contribution in [2.45, 2.75) is 51.6 Å². The summed E-state index contributed by atoms with van der Waals surface area (Å²) in [4.78, 5) is 14.3. The first-order valence-corrected chi connectivity index (χ1v) is 6.79. The van der Waals surface area contributed by atoms with Gasteiger partial charge in [0.2, 0.25) is 5.91 Å². The van der Waals surface area contributed by atoms with Crippen molar-refractivity contribution < 1.29 is 4.79 Å². The van der Waals surface area contributed by atoms with Gasteiger partial charge in [-0.3, -0.25) is 4.79 Å². The van der Waals surface area contributed by atoms with Crippen molar-refractivity contribution in [2.24, 2.45) is 5.73 Å². The maximum atomic E-state index is 12.4. The van der Waals surface area contributed by atoms with Gasteiger partial charge in [0.1, 0.15) is 0 Å². The number of para-hydroxylation sites is 1. The van der Waals surface area contributed by atoms with Crippen LogP contribution in [0, 0.1) is 0 Å². The van der Waals surface area contributed by atoms with E-state index in [0.717, 1.165) is 24.9 Å². The Hall–Kier alpha value is -1.35. The summed E-state index contributed by atoms with van der Waals surface area (Å²) in [6.45, 7) is 4.14. The summed E-state index contributed by atoms with van der Waals surface area (Å²) in [5.74, 6) is 0.156. The Kier molecular flexibility index (Phi) is 4.02. The van der Waals surface area contributed by atoms with Crippen molar-refractivity contribution in [3.63, 3.8) is 0 Å². The normalized spacial score (nSPS) is 20.4. The third-order valence-electron chi connectivity index (χ3n) is 3.75. The molecule has 0 fully saturated rings. The SMILES string of the molecule is CCC(N)CC(=O)N1c2ccccc2CCC1C. The van der Waals surface area contributed by atoms with Crippen LogP contribution in [0.2, 0.25) is 0 Å². The van der Waals surface area contributed by atoms with Crippen LogP contribution in [0.4, 0.5) is 5.69 Å². The molecular formula is C15H22N2O. The third kappa shape index (κ3) is 2.56. The summed E-state index contributed by atoms with van der Waals surface area (Å²) < 4.78 is 0. The van der Waals surface area contributed by atoms with Crippen LogP contribution < -0.4 is 10.6 Å². The van der Waals surface area contributed by atoms with E-state index in [0.29, 0.717) is 6.42 Å². The molecule has 0 saturated carbocycles. The van der Waals surface area contributed by atoms with Crippen molar-refractivity contribution in [3.8, 4) is 0 Å². The van der Waals surface area contributed by atoms with Crippen molar-refractivity contribution in [1.82, 2.24) is 0 Å². The van der Waals surface area contributed by atoms with E-state index in [1.807, 2.05) is 30.0 Å². The average molecular weight is 246 g/mol. The Bertz CT molecular complexity index is 430. The van der Waals surface area contributed by atoms with E-state index in [9.17, 15) is 4.79 Å². The molecule has 1 aromatic rings. The number of hydrogen-bond acceptors (Lipinski definition) is 2. The highest BCUT2D eigenvalue weighted by atomic mass is 16.2. The number of nitrogens with two attached hydrogens (primary N) is 1. The lowest BCUT2D eigenvalue weighted by Gasteiger charge is -2.35. The van der Waals surface area contributed by atoms with E-state index >= 15 is 0 Å². The molecule has 2 rings (SSSR count). The fourth-order valence-electron chi connectivity index (χ4n) is 2.54. The molecule has 1 amide bonds. The molecule has 0 spiro atoms. The van der Waals surface area contributed by atoms with Gasteiger partial charge in [-0.2, -0.15) is 0 Å². The largest absolute Gasteiger partial charge is 0.327 e. The zero-order chi connectivity index (χ0) is 13.1. The van der Waals surface area contributed by atoms with E-state index in [1.54, 1.807) is 0 Å². The second-order valence-electron chi connectivity index (χ2n) is 5.15. The summed E-state index contributed by atoms with van der Waals surface area (Å²) in [5, 5.41) is 0. The van der Waals surface area contributed by atoms with Crippen LogP contribution in [0.1, 0.15) is 38.7 Å². The zero-order valence-electron chi connectivity index (χ0n) is 11.2. The third-order valence-corrected chi connectivity index (χ3v) is 3.75. The number of hydrogen-bond donors (Lipinski definition) is 1. The Morgan fingerprint density at radius 3 is 2.94 bits per heavy atom. The molecule has 18 heavy (non-hydrogen) atoms. The highest BCUT2D eigenvalue weighted by molar-refractivity contribution is 5.95. The van der Waals surface area contributed by atoms with Gasteiger partial charge in [-0.25, -0.2) is 0 Å². The van der Waals surface area contributed by atoms with Gasteiger partial charge in [0, 0.05) is 24.2 Å². The predicted molar refractivity (Wildman–Crippen MR) is 74.6 cm³/mol. The molecule has 2 N–H and O–H groups in total. The number of benzene rings is 1. The van der Waals surface area contributed by atoms with Gasteiger partial charge in [-0.15, -0.1) is 0 Å². The predicted octanol–water partition coefficient (Wildman–Crippen LogP) is 2.48. The van der Waals surface area contributed by atoms with Gasteiger partial charge in [0.05, 0.1) is 0 Å².